The van der Waals surface area contributed by atoms with Crippen LogP contribution < -0.4 is 4.74 Å². The molecule has 5 heteroatoms. The molecule has 19 heavy (non-hydrogen) atoms. The average Bonchev–Trinajstić information content (AvgIpc) is 2.85. The number of rotatable bonds is 6. The van der Waals surface area contributed by atoms with Crippen molar-refractivity contribution in [2.24, 2.45) is 0 Å². The third kappa shape index (κ3) is 4.35. The van der Waals surface area contributed by atoms with E-state index in [1.54, 1.807) is 24.3 Å². The van der Waals surface area contributed by atoms with Crippen LogP contribution in [0.1, 0.15) is 12.8 Å². The van der Waals surface area contributed by atoms with Gasteiger partial charge in [0, 0.05) is 17.6 Å². The normalized spacial score (nSPS) is 21.5. The maximum Gasteiger partial charge on any atom is 0.119 e. The van der Waals surface area contributed by atoms with Crippen LogP contribution in [0.4, 0.5) is 0 Å². The number of hydrogen-bond donors (Lipinski definition) is 2. The summed E-state index contributed by atoms with van der Waals surface area (Å²) in [4.78, 5) is 2.12. The van der Waals surface area contributed by atoms with Gasteiger partial charge >= 0.3 is 0 Å². The molecular weight excluding hydrogens is 266 g/mol. The van der Waals surface area contributed by atoms with Gasteiger partial charge in [0.2, 0.25) is 0 Å². The predicted octanol–water partition coefficient (Wildman–Crippen LogP) is 1.54. The monoisotopic (exact) mass is 285 g/mol. The molecule has 0 saturated carbocycles. The highest BCUT2D eigenvalue weighted by atomic mass is 35.5. The van der Waals surface area contributed by atoms with E-state index < -0.39 is 6.10 Å². The second-order valence-electron chi connectivity index (χ2n) is 4.89. The van der Waals surface area contributed by atoms with Gasteiger partial charge < -0.3 is 14.9 Å². The van der Waals surface area contributed by atoms with Gasteiger partial charge in [-0.1, -0.05) is 11.6 Å². The highest BCUT2D eigenvalue weighted by Gasteiger charge is 2.25. The molecule has 2 atom stereocenters. The second kappa shape index (κ2) is 7.10. The molecule has 1 aliphatic rings. The van der Waals surface area contributed by atoms with Gasteiger partial charge in [-0.2, -0.15) is 0 Å². The first-order valence-electron chi connectivity index (χ1n) is 6.60. The summed E-state index contributed by atoms with van der Waals surface area (Å²) in [5.74, 6) is 0.698. The van der Waals surface area contributed by atoms with E-state index in [2.05, 4.69) is 4.90 Å². The SMILES string of the molecule is OCC1CCCN1CC(O)COc1ccc(Cl)cc1. The van der Waals surface area contributed by atoms with Crippen LogP contribution in [-0.2, 0) is 0 Å². The van der Waals surface area contributed by atoms with E-state index in [1.807, 2.05) is 0 Å². The number of hydrogen-bond acceptors (Lipinski definition) is 4. The van der Waals surface area contributed by atoms with Crippen molar-refractivity contribution in [3.05, 3.63) is 29.3 Å². The number of nitrogens with zero attached hydrogens (tertiary/aromatic N) is 1. The topological polar surface area (TPSA) is 52.9 Å². The number of halogens is 1. The number of aliphatic hydroxyl groups is 2. The van der Waals surface area contributed by atoms with Gasteiger partial charge in [0.05, 0.1) is 6.61 Å². The van der Waals surface area contributed by atoms with Crippen molar-refractivity contribution in [3.8, 4) is 5.75 Å². The molecule has 0 spiro atoms. The number of benzene rings is 1. The Morgan fingerprint density at radius 2 is 2.11 bits per heavy atom. The summed E-state index contributed by atoms with van der Waals surface area (Å²) >= 11 is 5.78. The maximum atomic E-state index is 9.96. The fraction of sp³-hybridized carbons (Fsp3) is 0.571. The van der Waals surface area contributed by atoms with Gasteiger partial charge in [0.25, 0.3) is 0 Å². The zero-order valence-corrected chi connectivity index (χ0v) is 11.6. The first-order valence-corrected chi connectivity index (χ1v) is 6.98. The Morgan fingerprint density at radius 1 is 1.37 bits per heavy atom. The molecule has 2 N–H and O–H groups in total. The van der Waals surface area contributed by atoms with Gasteiger partial charge in [-0.3, -0.25) is 4.90 Å². The van der Waals surface area contributed by atoms with Crippen LogP contribution in [-0.4, -0.2) is 53.6 Å². The van der Waals surface area contributed by atoms with Crippen molar-refractivity contribution < 1.29 is 14.9 Å². The largest absolute Gasteiger partial charge is 0.491 e. The van der Waals surface area contributed by atoms with Crippen LogP contribution in [0, 0.1) is 0 Å². The standard InChI is InChI=1S/C14H20ClNO3/c15-11-3-5-14(6-4-11)19-10-13(18)8-16-7-1-2-12(16)9-17/h3-6,12-13,17-18H,1-2,7-10H2. The molecule has 0 radical (unpaired) electrons. The molecule has 1 aromatic carbocycles. The van der Waals surface area contributed by atoms with E-state index in [0.29, 0.717) is 17.3 Å². The van der Waals surface area contributed by atoms with Gasteiger partial charge in [-0.25, -0.2) is 0 Å². The van der Waals surface area contributed by atoms with Crippen LogP contribution >= 0.6 is 11.6 Å². The Labute approximate surface area is 118 Å². The fourth-order valence-electron chi connectivity index (χ4n) is 2.39. The molecule has 1 saturated heterocycles. The van der Waals surface area contributed by atoms with Crippen LogP contribution in [0.15, 0.2) is 24.3 Å². The predicted molar refractivity (Wildman–Crippen MR) is 74.6 cm³/mol. The third-order valence-corrected chi connectivity index (χ3v) is 3.66. The molecule has 2 unspecified atom stereocenters. The Balaban J connectivity index is 1.75. The lowest BCUT2D eigenvalue weighted by Crippen LogP contribution is -2.40. The van der Waals surface area contributed by atoms with Crippen LogP contribution in [0.2, 0.25) is 5.02 Å². The molecule has 2 rings (SSSR count). The van der Waals surface area contributed by atoms with Crippen molar-refractivity contribution in [1.82, 2.24) is 4.90 Å². The number of β-amino-alcohol motifs (C(OH)–C–C–N with tert-alkyl or cyclic N) is 1. The van der Waals surface area contributed by atoms with E-state index in [9.17, 15) is 10.2 Å². The minimum absolute atomic E-state index is 0.158. The third-order valence-electron chi connectivity index (χ3n) is 3.41. The van der Waals surface area contributed by atoms with Crippen molar-refractivity contribution >= 4 is 11.6 Å². The highest BCUT2D eigenvalue weighted by molar-refractivity contribution is 6.30. The molecule has 1 heterocycles. The van der Waals surface area contributed by atoms with Crippen LogP contribution in [0.3, 0.4) is 0 Å². The Bertz CT molecular complexity index is 385. The molecule has 106 valence electrons. The van der Waals surface area contributed by atoms with Gasteiger partial charge in [-0.15, -0.1) is 0 Å². The molecule has 1 aliphatic heterocycles. The average molecular weight is 286 g/mol. The zero-order chi connectivity index (χ0) is 13.7. The van der Waals surface area contributed by atoms with Gasteiger partial charge in [-0.05, 0) is 43.7 Å². The summed E-state index contributed by atoms with van der Waals surface area (Å²) in [7, 11) is 0. The fourth-order valence-corrected chi connectivity index (χ4v) is 2.51. The van der Waals surface area contributed by atoms with E-state index in [-0.39, 0.29) is 19.3 Å². The van der Waals surface area contributed by atoms with E-state index >= 15 is 0 Å². The lowest BCUT2D eigenvalue weighted by atomic mass is 10.2. The van der Waals surface area contributed by atoms with Crippen molar-refractivity contribution in [2.75, 3.05) is 26.3 Å². The molecule has 1 fully saturated rings. The minimum Gasteiger partial charge on any atom is -0.491 e. The number of likely N-dealkylation sites (tertiary alicyclic amines) is 1. The zero-order valence-electron chi connectivity index (χ0n) is 10.8. The Hall–Kier alpha value is -0.810. The summed E-state index contributed by atoms with van der Waals surface area (Å²) in [6.07, 6.45) is 1.53. The maximum absolute atomic E-state index is 9.96. The van der Waals surface area contributed by atoms with E-state index in [0.717, 1.165) is 19.4 Å². The first kappa shape index (κ1) is 14.6. The second-order valence-corrected chi connectivity index (χ2v) is 5.33. The van der Waals surface area contributed by atoms with Crippen molar-refractivity contribution in [3.63, 3.8) is 0 Å². The van der Waals surface area contributed by atoms with Crippen molar-refractivity contribution in [2.45, 2.75) is 25.0 Å². The lowest BCUT2D eigenvalue weighted by molar-refractivity contribution is 0.0533. The summed E-state index contributed by atoms with van der Waals surface area (Å²) in [5, 5.41) is 19.8. The minimum atomic E-state index is -0.553. The number of ether oxygens (including phenoxy) is 1. The molecule has 0 amide bonds. The smallest absolute Gasteiger partial charge is 0.119 e. The Kier molecular flexibility index (Phi) is 5.45. The molecule has 0 aliphatic carbocycles. The molecular formula is C14H20ClNO3. The summed E-state index contributed by atoms with van der Waals surface area (Å²) in [5.41, 5.74) is 0. The Morgan fingerprint density at radius 3 is 2.79 bits per heavy atom. The summed E-state index contributed by atoms with van der Waals surface area (Å²) in [6, 6.07) is 7.25. The van der Waals surface area contributed by atoms with Gasteiger partial charge in [0.1, 0.15) is 18.5 Å². The van der Waals surface area contributed by atoms with Gasteiger partial charge in [0.15, 0.2) is 0 Å². The molecule has 0 aromatic heterocycles. The van der Waals surface area contributed by atoms with Crippen LogP contribution in [0.5, 0.6) is 5.75 Å². The van der Waals surface area contributed by atoms with E-state index in [1.165, 1.54) is 0 Å². The van der Waals surface area contributed by atoms with E-state index in [4.69, 9.17) is 16.3 Å². The lowest BCUT2D eigenvalue weighted by Gasteiger charge is -2.25. The van der Waals surface area contributed by atoms with Crippen LogP contribution in [0.25, 0.3) is 0 Å². The van der Waals surface area contributed by atoms with Crippen molar-refractivity contribution in [1.29, 1.82) is 0 Å². The highest BCUT2D eigenvalue weighted by Crippen LogP contribution is 2.18. The molecule has 0 bridgehead atoms. The quantitative estimate of drug-likeness (QED) is 0.832. The number of aliphatic hydroxyl groups excluding tert-OH is 2. The molecule has 1 aromatic rings. The first-order chi connectivity index (χ1) is 9.19. The summed E-state index contributed by atoms with van der Waals surface area (Å²) < 4.78 is 5.50. The summed E-state index contributed by atoms with van der Waals surface area (Å²) in [6.45, 7) is 1.88. The molecule has 4 nitrogen and oxygen atoms in total.